The summed E-state index contributed by atoms with van der Waals surface area (Å²) < 4.78 is 0. The summed E-state index contributed by atoms with van der Waals surface area (Å²) in [6.45, 7) is 2.03. The molecule has 0 spiro atoms. The van der Waals surface area contributed by atoms with Gasteiger partial charge in [0.2, 0.25) is 0 Å². The van der Waals surface area contributed by atoms with Gasteiger partial charge >= 0.3 is 0 Å². The van der Waals surface area contributed by atoms with Gasteiger partial charge in [-0.3, -0.25) is 5.43 Å². The predicted octanol–water partition coefficient (Wildman–Crippen LogP) is 4.32. The van der Waals surface area contributed by atoms with Crippen LogP contribution < -0.4 is 16.5 Å². The van der Waals surface area contributed by atoms with Crippen LogP contribution in [0.15, 0.2) is 84.0 Å². The third kappa shape index (κ3) is 4.46. The van der Waals surface area contributed by atoms with Gasteiger partial charge in [-0.2, -0.15) is 5.10 Å². The second kappa shape index (κ2) is 8.27. The first-order valence-electron chi connectivity index (χ1n) is 8.25. The summed E-state index contributed by atoms with van der Waals surface area (Å²) in [6, 6.07) is 25.5. The van der Waals surface area contributed by atoms with Gasteiger partial charge in [-0.05, 0) is 43.4 Å². The van der Waals surface area contributed by atoms with Gasteiger partial charge in [0.15, 0.2) is 5.11 Å². The van der Waals surface area contributed by atoms with Gasteiger partial charge in [0.25, 0.3) is 0 Å². The Hall–Kier alpha value is -3.18. The van der Waals surface area contributed by atoms with Crippen LogP contribution in [0, 0.1) is 6.92 Å². The molecular weight excluding hydrogens is 340 g/mol. The third-order valence-corrected chi connectivity index (χ3v) is 4.01. The molecule has 0 aromatic heterocycles. The molecule has 26 heavy (non-hydrogen) atoms. The highest BCUT2D eigenvalue weighted by atomic mass is 32.1. The van der Waals surface area contributed by atoms with Crippen molar-refractivity contribution in [2.75, 3.05) is 11.1 Å². The lowest BCUT2D eigenvalue weighted by Gasteiger charge is -2.13. The molecule has 0 saturated carbocycles. The number of thiocarbonyl (C=S) groups is 1. The topological polar surface area (TPSA) is 62.4 Å². The van der Waals surface area contributed by atoms with Crippen LogP contribution >= 0.6 is 12.2 Å². The Bertz CT molecular complexity index is 921. The second-order valence-electron chi connectivity index (χ2n) is 5.85. The zero-order chi connectivity index (χ0) is 18.4. The maximum absolute atomic E-state index is 6.20. The minimum absolute atomic E-state index is 0.413. The zero-order valence-electron chi connectivity index (χ0n) is 14.4. The summed E-state index contributed by atoms with van der Waals surface area (Å²) in [5.74, 6) is 0. The summed E-state index contributed by atoms with van der Waals surface area (Å²) in [4.78, 5) is 0. The van der Waals surface area contributed by atoms with Crippen LogP contribution in [0.2, 0.25) is 0 Å². The molecule has 0 saturated heterocycles. The number of nitrogens with two attached hydrogens (primary N) is 1. The Balaban J connectivity index is 1.89. The molecule has 0 amide bonds. The van der Waals surface area contributed by atoms with Crippen molar-refractivity contribution in [3.05, 3.63) is 95.6 Å². The molecule has 0 heterocycles. The number of anilines is 2. The van der Waals surface area contributed by atoms with Crippen molar-refractivity contribution in [1.29, 1.82) is 0 Å². The molecule has 0 unspecified atom stereocenters. The molecular formula is C21H20N4S. The van der Waals surface area contributed by atoms with E-state index in [1.165, 1.54) is 0 Å². The normalized spacial score (nSPS) is 11.0. The first kappa shape index (κ1) is 17.6. The van der Waals surface area contributed by atoms with Crippen molar-refractivity contribution < 1.29 is 0 Å². The highest BCUT2D eigenvalue weighted by molar-refractivity contribution is 7.80. The molecule has 130 valence electrons. The van der Waals surface area contributed by atoms with E-state index in [2.05, 4.69) is 15.8 Å². The summed E-state index contributed by atoms with van der Waals surface area (Å²) in [6.07, 6.45) is 0. The lowest BCUT2D eigenvalue weighted by atomic mass is 9.99. The molecule has 0 fully saturated rings. The number of hydrogen-bond acceptors (Lipinski definition) is 3. The van der Waals surface area contributed by atoms with Gasteiger partial charge in [0.1, 0.15) is 0 Å². The summed E-state index contributed by atoms with van der Waals surface area (Å²) in [5.41, 5.74) is 14.4. The molecule has 3 rings (SSSR count). The Labute approximate surface area is 158 Å². The van der Waals surface area contributed by atoms with Crippen LogP contribution in [0.1, 0.15) is 16.7 Å². The highest BCUT2D eigenvalue weighted by Gasteiger charge is 2.11. The van der Waals surface area contributed by atoms with E-state index in [9.17, 15) is 0 Å². The summed E-state index contributed by atoms with van der Waals surface area (Å²) >= 11 is 5.35. The van der Waals surface area contributed by atoms with E-state index in [-0.39, 0.29) is 0 Å². The Kier molecular flexibility index (Phi) is 5.61. The van der Waals surface area contributed by atoms with Crippen LogP contribution in [0.5, 0.6) is 0 Å². The number of nitrogens with zero attached hydrogens (tertiary/aromatic N) is 1. The van der Waals surface area contributed by atoms with Crippen molar-refractivity contribution >= 4 is 34.4 Å². The minimum Gasteiger partial charge on any atom is -0.398 e. The molecule has 0 aliphatic carbocycles. The monoisotopic (exact) mass is 360 g/mol. The number of rotatable bonds is 4. The minimum atomic E-state index is 0.413. The number of hydrogen-bond donors (Lipinski definition) is 3. The quantitative estimate of drug-likeness (QED) is 0.281. The van der Waals surface area contributed by atoms with Crippen molar-refractivity contribution in [3.8, 4) is 0 Å². The van der Waals surface area contributed by atoms with Gasteiger partial charge in [-0.15, -0.1) is 0 Å². The molecule has 3 aromatic rings. The van der Waals surface area contributed by atoms with Crippen LogP contribution in [-0.2, 0) is 0 Å². The van der Waals surface area contributed by atoms with E-state index in [1.54, 1.807) is 0 Å². The molecule has 3 aromatic carbocycles. The van der Waals surface area contributed by atoms with Crippen LogP contribution in [0.3, 0.4) is 0 Å². The van der Waals surface area contributed by atoms with Crippen molar-refractivity contribution in [3.63, 3.8) is 0 Å². The average molecular weight is 360 g/mol. The number of hydrazone groups is 1. The second-order valence-corrected chi connectivity index (χ2v) is 6.26. The van der Waals surface area contributed by atoms with E-state index >= 15 is 0 Å². The van der Waals surface area contributed by atoms with Gasteiger partial charge in [0, 0.05) is 22.5 Å². The zero-order valence-corrected chi connectivity index (χ0v) is 15.3. The fourth-order valence-electron chi connectivity index (χ4n) is 2.54. The molecule has 4 N–H and O–H groups in total. The summed E-state index contributed by atoms with van der Waals surface area (Å²) in [5, 5.41) is 8.07. The molecule has 0 bridgehead atoms. The molecule has 5 heteroatoms. The highest BCUT2D eigenvalue weighted by Crippen LogP contribution is 2.19. The van der Waals surface area contributed by atoms with Crippen LogP contribution in [0.4, 0.5) is 11.4 Å². The lowest BCUT2D eigenvalue weighted by molar-refractivity contribution is 1.04. The van der Waals surface area contributed by atoms with Gasteiger partial charge in [-0.25, -0.2) is 0 Å². The van der Waals surface area contributed by atoms with E-state index in [0.29, 0.717) is 10.8 Å². The molecule has 0 radical (unpaired) electrons. The van der Waals surface area contributed by atoms with Crippen molar-refractivity contribution in [1.82, 2.24) is 5.43 Å². The molecule has 0 aliphatic rings. The third-order valence-electron chi connectivity index (χ3n) is 3.81. The molecule has 0 atom stereocenters. The number of nitrogens with one attached hydrogen (secondary N) is 2. The fourth-order valence-corrected chi connectivity index (χ4v) is 2.70. The van der Waals surface area contributed by atoms with Gasteiger partial charge in [-0.1, -0.05) is 60.2 Å². The SMILES string of the molecule is Cc1ccc(N)c(/C(=N\NC(=S)Nc2ccccc2)c2ccccc2)c1. The maximum Gasteiger partial charge on any atom is 0.191 e. The van der Waals surface area contributed by atoms with Gasteiger partial charge < -0.3 is 11.1 Å². The number of para-hydroxylation sites is 1. The Morgan fingerprint density at radius 2 is 1.58 bits per heavy atom. The predicted molar refractivity (Wildman–Crippen MR) is 113 cm³/mol. The molecule has 0 aliphatic heterocycles. The number of nitrogen functional groups attached to an aromatic ring is 1. The fraction of sp³-hybridized carbons (Fsp3) is 0.0476. The van der Waals surface area contributed by atoms with E-state index in [1.807, 2.05) is 85.8 Å². The number of aryl methyl sites for hydroxylation is 1. The smallest absolute Gasteiger partial charge is 0.191 e. The van der Waals surface area contributed by atoms with E-state index in [0.717, 1.165) is 28.1 Å². The Morgan fingerprint density at radius 3 is 2.27 bits per heavy atom. The van der Waals surface area contributed by atoms with E-state index in [4.69, 9.17) is 18.0 Å². The van der Waals surface area contributed by atoms with Crippen molar-refractivity contribution in [2.45, 2.75) is 6.92 Å². The first-order valence-corrected chi connectivity index (χ1v) is 8.66. The first-order chi connectivity index (χ1) is 12.6. The molecule has 4 nitrogen and oxygen atoms in total. The Morgan fingerprint density at radius 1 is 0.923 bits per heavy atom. The van der Waals surface area contributed by atoms with E-state index < -0.39 is 0 Å². The van der Waals surface area contributed by atoms with Crippen LogP contribution in [0.25, 0.3) is 0 Å². The largest absolute Gasteiger partial charge is 0.398 e. The maximum atomic E-state index is 6.20. The van der Waals surface area contributed by atoms with Gasteiger partial charge in [0.05, 0.1) is 5.71 Å². The lowest BCUT2D eigenvalue weighted by Crippen LogP contribution is -2.25. The standard InChI is InChI=1S/C21H20N4S/c1-15-12-13-19(22)18(14-15)20(16-8-4-2-5-9-16)24-25-21(26)23-17-10-6-3-7-11-17/h2-14H,22H2,1H3,(H2,23,25,26)/b24-20-. The van der Waals surface area contributed by atoms with Crippen LogP contribution in [-0.4, -0.2) is 10.8 Å². The number of benzene rings is 3. The average Bonchev–Trinajstić information content (AvgIpc) is 2.66. The summed E-state index contributed by atoms with van der Waals surface area (Å²) in [7, 11) is 0. The van der Waals surface area contributed by atoms with Crippen molar-refractivity contribution in [2.24, 2.45) is 5.10 Å².